The van der Waals surface area contributed by atoms with Crippen molar-refractivity contribution in [1.82, 2.24) is 0 Å². The van der Waals surface area contributed by atoms with Gasteiger partial charge in [0.1, 0.15) is 5.75 Å². The number of carbonyl (C=O) groups excluding carboxylic acids is 1. The topological polar surface area (TPSA) is 92.0 Å². The minimum atomic E-state index is -0.196. The second-order valence-electron chi connectivity index (χ2n) is 5.22. The summed E-state index contributed by atoms with van der Waals surface area (Å²) in [6, 6.07) is 8.55. The highest BCUT2D eigenvalue weighted by Gasteiger charge is 2.15. The Hall–Kier alpha value is -3.09. The molecular formula is C18H22N2O5. The van der Waals surface area contributed by atoms with E-state index in [9.17, 15) is 4.79 Å². The van der Waals surface area contributed by atoms with Gasteiger partial charge in [0.2, 0.25) is 11.7 Å². The van der Waals surface area contributed by atoms with Crippen LogP contribution in [0.1, 0.15) is 5.56 Å². The fourth-order valence-electron chi connectivity index (χ4n) is 2.44. The smallest absolute Gasteiger partial charge is 0.228 e. The molecule has 0 fully saturated rings. The maximum absolute atomic E-state index is 12.3. The Morgan fingerprint density at radius 1 is 0.920 bits per heavy atom. The molecule has 3 N–H and O–H groups in total. The van der Waals surface area contributed by atoms with Gasteiger partial charge in [-0.05, 0) is 35.9 Å². The van der Waals surface area contributed by atoms with Gasteiger partial charge in [0.25, 0.3) is 0 Å². The summed E-state index contributed by atoms with van der Waals surface area (Å²) in [5.41, 5.74) is 7.62. The molecule has 0 aliphatic heterocycles. The third-order valence-corrected chi connectivity index (χ3v) is 3.60. The highest BCUT2D eigenvalue weighted by atomic mass is 16.5. The zero-order valence-corrected chi connectivity index (χ0v) is 14.7. The predicted octanol–water partition coefficient (Wildman–Crippen LogP) is 2.48. The lowest BCUT2D eigenvalue weighted by molar-refractivity contribution is -0.115. The zero-order valence-electron chi connectivity index (χ0n) is 14.7. The van der Waals surface area contributed by atoms with Crippen molar-refractivity contribution in [2.24, 2.45) is 0 Å². The molecule has 0 saturated carbocycles. The average Bonchev–Trinajstić information content (AvgIpc) is 2.60. The summed E-state index contributed by atoms with van der Waals surface area (Å²) < 4.78 is 21.0. The maximum Gasteiger partial charge on any atom is 0.228 e. The molecule has 0 aliphatic rings. The van der Waals surface area contributed by atoms with E-state index in [1.54, 1.807) is 30.3 Å². The number of nitrogens with two attached hydrogens (primary N) is 1. The molecule has 0 spiro atoms. The van der Waals surface area contributed by atoms with Crippen LogP contribution in [0.2, 0.25) is 0 Å². The molecule has 134 valence electrons. The monoisotopic (exact) mass is 346 g/mol. The molecule has 2 rings (SSSR count). The third kappa shape index (κ3) is 4.26. The van der Waals surface area contributed by atoms with E-state index < -0.39 is 0 Å². The largest absolute Gasteiger partial charge is 0.495 e. The van der Waals surface area contributed by atoms with Crippen molar-refractivity contribution in [2.75, 3.05) is 39.5 Å². The lowest BCUT2D eigenvalue weighted by Gasteiger charge is -2.14. The van der Waals surface area contributed by atoms with E-state index in [0.29, 0.717) is 34.4 Å². The van der Waals surface area contributed by atoms with Gasteiger partial charge in [0.05, 0.1) is 40.5 Å². The average molecular weight is 346 g/mol. The Morgan fingerprint density at radius 2 is 1.52 bits per heavy atom. The summed E-state index contributed by atoms with van der Waals surface area (Å²) >= 11 is 0. The van der Waals surface area contributed by atoms with Crippen molar-refractivity contribution >= 4 is 17.3 Å². The van der Waals surface area contributed by atoms with Gasteiger partial charge in [-0.25, -0.2) is 0 Å². The minimum absolute atomic E-state index is 0.142. The number of rotatable bonds is 7. The first kappa shape index (κ1) is 18.3. The number of nitrogens with one attached hydrogen (secondary N) is 1. The molecule has 0 saturated heterocycles. The Balaban J connectivity index is 2.16. The Labute approximate surface area is 146 Å². The first-order valence-corrected chi connectivity index (χ1v) is 7.54. The predicted molar refractivity (Wildman–Crippen MR) is 95.8 cm³/mol. The van der Waals surface area contributed by atoms with E-state index in [4.69, 9.17) is 24.7 Å². The van der Waals surface area contributed by atoms with Gasteiger partial charge in [-0.2, -0.15) is 0 Å². The van der Waals surface area contributed by atoms with E-state index in [1.165, 1.54) is 28.4 Å². The molecule has 7 nitrogen and oxygen atoms in total. The van der Waals surface area contributed by atoms with Crippen molar-refractivity contribution in [3.63, 3.8) is 0 Å². The highest BCUT2D eigenvalue weighted by Crippen LogP contribution is 2.38. The first-order chi connectivity index (χ1) is 12.0. The third-order valence-electron chi connectivity index (χ3n) is 3.60. The molecular weight excluding hydrogens is 324 g/mol. The SMILES string of the molecule is COc1ccc(NC(=O)Cc2cc(OC)c(OC)c(OC)c2)cc1N. The molecule has 2 aromatic carbocycles. The van der Waals surface area contributed by atoms with E-state index >= 15 is 0 Å². The second kappa shape index (κ2) is 8.14. The van der Waals surface area contributed by atoms with Gasteiger partial charge in [-0.1, -0.05) is 0 Å². The van der Waals surface area contributed by atoms with E-state index in [-0.39, 0.29) is 12.3 Å². The van der Waals surface area contributed by atoms with Crippen LogP contribution < -0.4 is 30.0 Å². The Kier molecular flexibility index (Phi) is 5.94. The number of anilines is 2. The van der Waals surface area contributed by atoms with Gasteiger partial charge in [0, 0.05) is 5.69 Å². The Bertz CT molecular complexity index is 736. The van der Waals surface area contributed by atoms with Gasteiger partial charge < -0.3 is 30.0 Å². The molecule has 0 aromatic heterocycles. The summed E-state index contributed by atoms with van der Waals surface area (Å²) in [5.74, 6) is 1.84. The van der Waals surface area contributed by atoms with Crippen LogP contribution in [0, 0.1) is 0 Å². The molecule has 1 amide bonds. The van der Waals surface area contributed by atoms with Crippen LogP contribution in [-0.2, 0) is 11.2 Å². The summed E-state index contributed by atoms with van der Waals surface area (Å²) in [7, 11) is 6.12. The van der Waals surface area contributed by atoms with Crippen LogP contribution in [0.3, 0.4) is 0 Å². The number of hydrogen-bond donors (Lipinski definition) is 2. The number of nitrogen functional groups attached to an aromatic ring is 1. The molecule has 0 heterocycles. The minimum Gasteiger partial charge on any atom is -0.495 e. The molecule has 0 aliphatic carbocycles. The number of methoxy groups -OCH3 is 4. The molecule has 2 aromatic rings. The van der Waals surface area contributed by atoms with E-state index in [1.807, 2.05) is 0 Å². The molecule has 0 atom stereocenters. The summed E-state index contributed by atoms with van der Waals surface area (Å²) in [5, 5.41) is 2.80. The van der Waals surface area contributed by atoms with Crippen molar-refractivity contribution < 1.29 is 23.7 Å². The Morgan fingerprint density at radius 3 is 2.00 bits per heavy atom. The van der Waals surface area contributed by atoms with Crippen LogP contribution in [0.4, 0.5) is 11.4 Å². The quantitative estimate of drug-likeness (QED) is 0.748. The fraction of sp³-hybridized carbons (Fsp3) is 0.278. The summed E-state index contributed by atoms with van der Waals surface area (Å²) in [4.78, 5) is 12.3. The molecule has 0 bridgehead atoms. The van der Waals surface area contributed by atoms with Crippen LogP contribution in [0.25, 0.3) is 0 Å². The molecule has 0 radical (unpaired) electrons. The number of carbonyl (C=O) groups is 1. The molecule has 7 heteroatoms. The standard InChI is InChI=1S/C18H22N2O5/c1-22-14-6-5-12(10-13(14)19)20-17(21)9-11-7-15(23-2)18(25-4)16(8-11)24-3/h5-8,10H,9,19H2,1-4H3,(H,20,21). The van der Waals surface area contributed by atoms with Gasteiger partial charge >= 0.3 is 0 Å². The lowest BCUT2D eigenvalue weighted by atomic mass is 10.1. The molecule has 0 unspecified atom stereocenters. The van der Waals surface area contributed by atoms with Gasteiger partial charge in [0.15, 0.2) is 11.5 Å². The highest BCUT2D eigenvalue weighted by molar-refractivity contribution is 5.93. The van der Waals surface area contributed by atoms with Crippen LogP contribution >= 0.6 is 0 Å². The fourth-order valence-corrected chi connectivity index (χ4v) is 2.44. The van der Waals surface area contributed by atoms with Crippen molar-refractivity contribution in [2.45, 2.75) is 6.42 Å². The van der Waals surface area contributed by atoms with Crippen LogP contribution in [-0.4, -0.2) is 34.3 Å². The van der Waals surface area contributed by atoms with Crippen LogP contribution in [0.5, 0.6) is 23.0 Å². The second-order valence-corrected chi connectivity index (χ2v) is 5.22. The number of hydrogen-bond acceptors (Lipinski definition) is 6. The molecule has 25 heavy (non-hydrogen) atoms. The van der Waals surface area contributed by atoms with Gasteiger partial charge in [-0.15, -0.1) is 0 Å². The number of benzene rings is 2. The van der Waals surface area contributed by atoms with E-state index in [2.05, 4.69) is 5.32 Å². The normalized spacial score (nSPS) is 10.1. The van der Waals surface area contributed by atoms with Gasteiger partial charge in [-0.3, -0.25) is 4.79 Å². The van der Waals surface area contributed by atoms with Crippen molar-refractivity contribution in [3.8, 4) is 23.0 Å². The summed E-state index contributed by atoms with van der Waals surface area (Å²) in [6.07, 6.45) is 0.142. The van der Waals surface area contributed by atoms with Crippen LogP contribution in [0.15, 0.2) is 30.3 Å². The van der Waals surface area contributed by atoms with Crippen molar-refractivity contribution in [3.05, 3.63) is 35.9 Å². The first-order valence-electron chi connectivity index (χ1n) is 7.54. The van der Waals surface area contributed by atoms with Crippen molar-refractivity contribution in [1.29, 1.82) is 0 Å². The lowest BCUT2D eigenvalue weighted by Crippen LogP contribution is -2.15. The van der Waals surface area contributed by atoms with E-state index in [0.717, 1.165) is 5.56 Å². The maximum atomic E-state index is 12.3. The zero-order chi connectivity index (χ0) is 18.4. The summed E-state index contributed by atoms with van der Waals surface area (Å²) in [6.45, 7) is 0. The number of ether oxygens (including phenoxy) is 4. The number of amides is 1.